The molecule has 1 rings (SSSR count). The molecule has 1 aromatic rings. The van der Waals surface area contributed by atoms with Gasteiger partial charge < -0.3 is 15.2 Å². The number of ether oxygens (including phenoxy) is 1. The van der Waals surface area contributed by atoms with Gasteiger partial charge in [0.2, 0.25) is 5.91 Å². The first-order valence-corrected chi connectivity index (χ1v) is 6.75. The standard InChI is InChI=1S/C16H21NO3/c1-3-20-11-9-16(19)17-15-8-7-13(2)14(12-15)6-4-5-10-18/h7-8,12,18H,3,5,9-11H2,1-2H3,(H,17,19). The molecule has 0 saturated carbocycles. The molecule has 20 heavy (non-hydrogen) atoms. The number of carbonyl (C=O) groups is 1. The largest absolute Gasteiger partial charge is 0.395 e. The number of rotatable bonds is 6. The van der Waals surface area contributed by atoms with E-state index in [-0.39, 0.29) is 12.5 Å². The highest BCUT2D eigenvalue weighted by Gasteiger charge is 2.03. The molecule has 0 bridgehead atoms. The van der Waals surface area contributed by atoms with Crippen molar-refractivity contribution in [3.63, 3.8) is 0 Å². The summed E-state index contributed by atoms with van der Waals surface area (Å²) in [5.41, 5.74) is 2.63. The summed E-state index contributed by atoms with van der Waals surface area (Å²) in [5.74, 6) is 5.80. The van der Waals surface area contributed by atoms with Crippen LogP contribution in [0.3, 0.4) is 0 Å². The lowest BCUT2D eigenvalue weighted by molar-refractivity contribution is -0.117. The van der Waals surface area contributed by atoms with E-state index < -0.39 is 0 Å². The highest BCUT2D eigenvalue weighted by Crippen LogP contribution is 2.14. The zero-order valence-corrected chi connectivity index (χ0v) is 12.0. The van der Waals surface area contributed by atoms with Gasteiger partial charge in [-0.15, -0.1) is 0 Å². The van der Waals surface area contributed by atoms with Crippen molar-refractivity contribution in [2.75, 3.05) is 25.1 Å². The first kappa shape index (κ1) is 16.2. The van der Waals surface area contributed by atoms with E-state index in [9.17, 15) is 4.79 Å². The molecular weight excluding hydrogens is 254 g/mol. The number of anilines is 1. The summed E-state index contributed by atoms with van der Waals surface area (Å²) in [6, 6.07) is 5.62. The minimum absolute atomic E-state index is 0.0555. The van der Waals surface area contributed by atoms with Crippen LogP contribution < -0.4 is 5.32 Å². The maximum atomic E-state index is 11.7. The molecule has 0 atom stereocenters. The van der Waals surface area contributed by atoms with Gasteiger partial charge in [-0.25, -0.2) is 0 Å². The summed E-state index contributed by atoms with van der Waals surface area (Å²) in [7, 11) is 0. The summed E-state index contributed by atoms with van der Waals surface area (Å²) in [5, 5.41) is 11.5. The van der Waals surface area contributed by atoms with Crippen LogP contribution >= 0.6 is 0 Å². The van der Waals surface area contributed by atoms with Gasteiger partial charge in [-0.05, 0) is 31.5 Å². The molecule has 0 fully saturated rings. The number of carbonyl (C=O) groups excluding carboxylic acids is 1. The van der Waals surface area contributed by atoms with Gasteiger partial charge in [0.05, 0.1) is 19.6 Å². The van der Waals surface area contributed by atoms with Gasteiger partial charge in [0.15, 0.2) is 0 Å². The molecule has 0 unspecified atom stereocenters. The number of aliphatic hydroxyl groups is 1. The Kier molecular flexibility index (Phi) is 7.41. The van der Waals surface area contributed by atoms with Crippen LogP contribution in [0.15, 0.2) is 18.2 Å². The molecule has 0 aliphatic carbocycles. The predicted octanol–water partition coefficient (Wildman–Crippen LogP) is 2.09. The predicted molar refractivity (Wildman–Crippen MR) is 79.5 cm³/mol. The molecule has 0 aromatic heterocycles. The summed E-state index contributed by atoms with van der Waals surface area (Å²) in [6.45, 7) is 4.96. The Hall–Kier alpha value is -1.83. The molecule has 1 amide bonds. The second-order valence-electron chi connectivity index (χ2n) is 4.30. The Bertz CT molecular complexity index is 500. The van der Waals surface area contributed by atoms with Crippen molar-refractivity contribution in [3.8, 4) is 11.8 Å². The average Bonchev–Trinajstić information content (AvgIpc) is 2.43. The number of hydrogen-bond donors (Lipinski definition) is 2. The molecule has 0 saturated heterocycles. The minimum atomic E-state index is -0.0726. The second-order valence-corrected chi connectivity index (χ2v) is 4.30. The highest BCUT2D eigenvalue weighted by molar-refractivity contribution is 5.91. The van der Waals surface area contributed by atoms with Crippen molar-refractivity contribution in [1.29, 1.82) is 0 Å². The van der Waals surface area contributed by atoms with E-state index in [0.717, 1.165) is 16.8 Å². The maximum absolute atomic E-state index is 11.7. The third kappa shape index (κ3) is 5.87. The molecule has 0 heterocycles. The van der Waals surface area contributed by atoms with Crippen molar-refractivity contribution in [1.82, 2.24) is 0 Å². The van der Waals surface area contributed by atoms with Crippen LogP contribution in [0.4, 0.5) is 5.69 Å². The van der Waals surface area contributed by atoms with Crippen molar-refractivity contribution in [3.05, 3.63) is 29.3 Å². The van der Waals surface area contributed by atoms with Crippen molar-refractivity contribution < 1.29 is 14.6 Å². The molecule has 0 aliphatic rings. The summed E-state index contributed by atoms with van der Waals surface area (Å²) in [4.78, 5) is 11.7. The smallest absolute Gasteiger partial charge is 0.226 e. The normalized spacial score (nSPS) is 9.75. The zero-order chi connectivity index (χ0) is 14.8. The van der Waals surface area contributed by atoms with Gasteiger partial charge in [0.1, 0.15) is 0 Å². The number of aliphatic hydroxyl groups excluding tert-OH is 1. The number of amides is 1. The molecule has 0 spiro atoms. The molecule has 4 nitrogen and oxygen atoms in total. The van der Waals surface area contributed by atoms with Crippen LogP contribution in [-0.2, 0) is 9.53 Å². The molecular formula is C16H21NO3. The van der Waals surface area contributed by atoms with Gasteiger partial charge in [0.25, 0.3) is 0 Å². The van der Waals surface area contributed by atoms with Gasteiger partial charge in [0, 0.05) is 24.3 Å². The fourth-order valence-electron chi connectivity index (χ4n) is 1.58. The highest BCUT2D eigenvalue weighted by atomic mass is 16.5. The van der Waals surface area contributed by atoms with Crippen LogP contribution in [0.25, 0.3) is 0 Å². The molecule has 4 heteroatoms. The van der Waals surface area contributed by atoms with Crippen molar-refractivity contribution in [2.45, 2.75) is 26.7 Å². The molecule has 1 aromatic carbocycles. The number of aryl methyl sites for hydroxylation is 1. The lowest BCUT2D eigenvalue weighted by atomic mass is 10.1. The van der Waals surface area contributed by atoms with Gasteiger partial charge in [-0.1, -0.05) is 17.9 Å². The number of hydrogen-bond acceptors (Lipinski definition) is 3. The lowest BCUT2D eigenvalue weighted by Crippen LogP contribution is -2.14. The van der Waals surface area contributed by atoms with Crippen molar-refractivity contribution in [2.24, 2.45) is 0 Å². The summed E-state index contributed by atoms with van der Waals surface area (Å²) in [6.07, 6.45) is 0.789. The Morgan fingerprint density at radius 2 is 2.25 bits per heavy atom. The molecule has 0 aliphatic heterocycles. The summed E-state index contributed by atoms with van der Waals surface area (Å²) < 4.78 is 5.14. The van der Waals surface area contributed by atoms with E-state index in [1.807, 2.05) is 32.0 Å². The fourth-order valence-corrected chi connectivity index (χ4v) is 1.58. The molecule has 0 radical (unpaired) electrons. The first-order chi connectivity index (χ1) is 9.67. The SMILES string of the molecule is CCOCCC(=O)Nc1ccc(C)c(C#CCCO)c1. The van der Waals surface area contributed by atoms with Crippen LogP contribution in [-0.4, -0.2) is 30.8 Å². The second kappa shape index (κ2) is 9.13. The van der Waals surface area contributed by atoms with E-state index in [1.165, 1.54) is 0 Å². The average molecular weight is 275 g/mol. The lowest BCUT2D eigenvalue weighted by Gasteiger charge is -2.07. The Balaban J connectivity index is 2.65. The van der Waals surface area contributed by atoms with Crippen LogP contribution in [0, 0.1) is 18.8 Å². The van der Waals surface area contributed by atoms with E-state index in [1.54, 1.807) is 0 Å². The fraction of sp³-hybridized carbons (Fsp3) is 0.438. The van der Waals surface area contributed by atoms with Gasteiger partial charge >= 0.3 is 0 Å². The quantitative estimate of drug-likeness (QED) is 0.617. The van der Waals surface area contributed by atoms with Gasteiger partial charge in [-0.2, -0.15) is 0 Å². The van der Waals surface area contributed by atoms with Crippen LogP contribution in [0.2, 0.25) is 0 Å². The van der Waals surface area contributed by atoms with E-state index in [2.05, 4.69) is 17.2 Å². The van der Waals surface area contributed by atoms with E-state index in [0.29, 0.717) is 26.1 Å². The van der Waals surface area contributed by atoms with Crippen LogP contribution in [0.5, 0.6) is 0 Å². The Morgan fingerprint density at radius 1 is 1.45 bits per heavy atom. The topological polar surface area (TPSA) is 58.6 Å². The van der Waals surface area contributed by atoms with Crippen molar-refractivity contribution >= 4 is 11.6 Å². The Morgan fingerprint density at radius 3 is 2.95 bits per heavy atom. The first-order valence-electron chi connectivity index (χ1n) is 6.75. The molecule has 2 N–H and O–H groups in total. The minimum Gasteiger partial charge on any atom is -0.395 e. The summed E-state index contributed by atoms with van der Waals surface area (Å²) >= 11 is 0. The third-order valence-electron chi connectivity index (χ3n) is 2.66. The zero-order valence-electron chi connectivity index (χ0n) is 12.0. The third-order valence-corrected chi connectivity index (χ3v) is 2.66. The van der Waals surface area contributed by atoms with E-state index in [4.69, 9.17) is 9.84 Å². The molecule has 108 valence electrons. The monoisotopic (exact) mass is 275 g/mol. The van der Waals surface area contributed by atoms with Gasteiger partial charge in [-0.3, -0.25) is 4.79 Å². The van der Waals surface area contributed by atoms with Crippen LogP contribution in [0.1, 0.15) is 30.9 Å². The Labute approximate surface area is 120 Å². The number of benzene rings is 1. The maximum Gasteiger partial charge on any atom is 0.226 e. The van der Waals surface area contributed by atoms with E-state index >= 15 is 0 Å². The number of nitrogens with one attached hydrogen (secondary N) is 1.